The van der Waals surface area contributed by atoms with Crippen molar-refractivity contribution in [1.29, 1.82) is 0 Å². The van der Waals surface area contributed by atoms with Crippen LogP contribution in [0.2, 0.25) is 0 Å². The molecule has 2 aromatic carbocycles. The van der Waals surface area contributed by atoms with E-state index in [1.165, 1.54) is 0 Å². The Morgan fingerprint density at radius 1 is 1.10 bits per heavy atom. The van der Waals surface area contributed by atoms with E-state index in [0.717, 1.165) is 10.1 Å². The number of aromatic nitrogens is 2. The third-order valence-electron chi connectivity index (χ3n) is 4.46. The number of rotatable bonds is 7. The molecular weight excluding hydrogens is 464 g/mol. The molecule has 156 valence electrons. The van der Waals surface area contributed by atoms with E-state index >= 15 is 0 Å². The van der Waals surface area contributed by atoms with Gasteiger partial charge in [-0.15, -0.1) is 0 Å². The van der Waals surface area contributed by atoms with Gasteiger partial charge in [0.1, 0.15) is 6.04 Å². The molecule has 8 heteroatoms. The van der Waals surface area contributed by atoms with E-state index in [-0.39, 0.29) is 17.7 Å². The van der Waals surface area contributed by atoms with Crippen molar-refractivity contribution in [1.82, 2.24) is 14.9 Å². The van der Waals surface area contributed by atoms with Gasteiger partial charge in [0, 0.05) is 34.5 Å². The Labute approximate surface area is 188 Å². The van der Waals surface area contributed by atoms with Crippen molar-refractivity contribution in [3.8, 4) is 0 Å². The van der Waals surface area contributed by atoms with Crippen molar-refractivity contribution >= 4 is 45.2 Å². The monoisotopic (exact) mass is 486 g/mol. The van der Waals surface area contributed by atoms with Crippen molar-refractivity contribution < 1.29 is 9.59 Å². The zero-order chi connectivity index (χ0) is 21.7. The van der Waals surface area contributed by atoms with Crippen LogP contribution < -0.4 is 10.6 Å². The lowest BCUT2D eigenvalue weighted by Crippen LogP contribution is -2.47. The normalized spacial score (nSPS) is 11.9. The highest BCUT2D eigenvalue weighted by atomic mass is 79.9. The number of carbonyl (C=O) groups excluding carboxylic acids is 2. The molecule has 0 aliphatic heterocycles. The number of anilines is 1. The number of amides is 2. The molecule has 0 saturated carbocycles. The second-order valence-corrected chi connectivity index (χ2v) is 9.01. The molecule has 0 aliphatic carbocycles. The molecule has 0 bridgehead atoms. The Morgan fingerprint density at radius 3 is 2.40 bits per heavy atom. The van der Waals surface area contributed by atoms with Crippen LogP contribution in [0, 0.1) is 5.92 Å². The van der Waals surface area contributed by atoms with Crippen molar-refractivity contribution in [3.05, 3.63) is 71.0 Å². The maximum absolute atomic E-state index is 12.8. The first-order chi connectivity index (χ1) is 14.3. The number of benzene rings is 2. The lowest BCUT2D eigenvalue weighted by molar-refractivity contribution is -0.118. The lowest BCUT2D eigenvalue weighted by Gasteiger charge is -2.22. The highest BCUT2D eigenvalue weighted by Gasteiger charge is 2.25. The van der Waals surface area contributed by atoms with Gasteiger partial charge < -0.3 is 15.2 Å². The molecule has 6 nitrogen and oxygen atoms in total. The Bertz CT molecular complexity index is 1030. The molecule has 0 spiro atoms. The van der Waals surface area contributed by atoms with Crippen molar-refractivity contribution in [3.63, 3.8) is 0 Å². The fourth-order valence-corrected chi connectivity index (χ4v) is 4.05. The fourth-order valence-electron chi connectivity index (χ4n) is 2.78. The van der Waals surface area contributed by atoms with Crippen LogP contribution in [0.3, 0.4) is 0 Å². The molecule has 3 rings (SSSR count). The molecule has 30 heavy (non-hydrogen) atoms. The summed E-state index contributed by atoms with van der Waals surface area (Å²) in [4.78, 5) is 30.8. The largest absolute Gasteiger partial charge is 0.340 e. The van der Waals surface area contributed by atoms with Gasteiger partial charge in [-0.3, -0.25) is 9.59 Å². The average molecular weight is 487 g/mol. The van der Waals surface area contributed by atoms with Crippen LogP contribution in [0.5, 0.6) is 0 Å². The predicted molar refractivity (Wildman–Crippen MR) is 123 cm³/mol. The van der Waals surface area contributed by atoms with Crippen molar-refractivity contribution in [2.75, 3.05) is 5.32 Å². The van der Waals surface area contributed by atoms with Crippen LogP contribution in [-0.2, 0) is 11.8 Å². The van der Waals surface area contributed by atoms with Gasteiger partial charge in [0.05, 0.1) is 5.56 Å². The second kappa shape index (κ2) is 9.95. The quantitative estimate of drug-likeness (QED) is 0.506. The van der Waals surface area contributed by atoms with E-state index in [1.54, 1.807) is 36.2 Å². The zero-order valence-corrected chi connectivity index (χ0v) is 19.3. The first kappa shape index (κ1) is 22.1. The van der Waals surface area contributed by atoms with Gasteiger partial charge >= 0.3 is 0 Å². The fraction of sp³-hybridized carbons (Fsp3) is 0.227. The summed E-state index contributed by atoms with van der Waals surface area (Å²) in [5, 5.41) is 6.63. The summed E-state index contributed by atoms with van der Waals surface area (Å²) in [6, 6.07) is 14.0. The molecule has 1 aromatic heterocycles. The molecular formula is C22H23BrN4O2S. The number of aryl methyl sites for hydroxylation is 1. The second-order valence-electron chi connectivity index (χ2n) is 7.11. The van der Waals surface area contributed by atoms with E-state index in [9.17, 15) is 9.59 Å². The van der Waals surface area contributed by atoms with Gasteiger partial charge in [0.25, 0.3) is 5.91 Å². The minimum atomic E-state index is -0.661. The zero-order valence-electron chi connectivity index (χ0n) is 16.9. The van der Waals surface area contributed by atoms with Gasteiger partial charge in [-0.05, 0) is 58.2 Å². The number of nitrogens with one attached hydrogen (secondary N) is 2. The summed E-state index contributed by atoms with van der Waals surface area (Å²) in [6.07, 6.45) is 3.65. The number of hydrogen-bond acceptors (Lipinski definition) is 4. The van der Waals surface area contributed by atoms with Crippen LogP contribution in [0.4, 0.5) is 5.69 Å². The first-order valence-corrected chi connectivity index (χ1v) is 11.1. The molecule has 1 heterocycles. The number of carbonyl (C=O) groups is 2. The molecule has 0 radical (unpaired) electrons. The Balaban J connectivity index is 1.65. The van der Waals surface area contributed by atoms with Gasteiger partial charge in [0.2, 0.25) is 5.91 Å². The maximum Gasteiger partial charge on any atom is 0.253 e. The van der Waals surface area contributed by atoms with Crippen molar-refractivity contribution in [2.45, 2.75) is 29.9 Å². The number of imidazole rings is 1. The van der Waals surface area contributed by atoms with Crippen LogP contribution in [-0.4, -0.2) is 27.4 Å². The SMILES string of the molecule is CC(C)[C@@H](NC(=O)c1ccccc1Br)C(=O)Nc1ccc(Sc2nccn2C)cc1. The minimum absolute atomic E-state index is 0.0744. The summed E-state index contributed by atoms with van der Waals surface area (Å²) in [5.41, 5.74) is 1.16. The van der Waals surface area contributed by atoms with Crippen LogP contribution >= 0.6 is 27.7 Å². The summed E-state index contributed by atoms with van der Waals surface area (Å²) < 4.78 is 2.63. The molecule has 0 fully saturated rings. The summed E-state index contributed by atoms with van der Waals surface area (Å²) in [5.74, 6) is -0.622. The summed E-state index contributed by atoms with van der Waals surface area (Å²) in [7, 11) is 1.94. The summed E-state index contributed by atoms with van der Waals surface area (Å²) >= 11 is 4.92. The predicted octanol–water partition coefficient (Wildman–Crippen LogP) is 4.73. The topological polar surface area (TPSA) is 76.0 Å². The number of hydrogen-bond donors (Lipinski definition) is 2. The number of nitrogens with zero attached hydrogens (tertiary/aromatic N) is 2. The maximum atomic E-state index is 12.8. The van der Waals surface area contributed by atoms with Gasteiger partial charge in [-0.25, -0.2) is 4.98 Å². The Morgan fingerprint density at radius 2 is 1.80 bits per heavy atom. The lowest BCUT2D eigenvalue weighted by atomic mass is 10.0. The molecule has 0 saturated heterocycles. The summed E-state index contributed by atoms with van der Waals surface area (Å²) in [6.45, 7) is 3.80. The molecule has 3 aromatic rings. The van der Waals surface area contributed by atoms with Crippen LogP contribution in [0.25, 0.3) is 0 Å². The van der Waals surface area contributed by atoms with E-state index in [2.05, 4.69) is 31.5 Å². The third-order valence-corrected chi connectivity index (χ3v) is 6.24. The van der Waals surface area contributed by atoms with E-state index < -0.39 is 6.04 Å². The standard InChI is InChI=1S/C22H23BrN4O2S/c1-14(2)19(26-20(28)17-6-4-5-7-18(17)23)21(29)25-15-8-10-16(11-9-15)30-22-24-12-13-27(22)3/h4-14,19H,1-3H3,(H,25,29)(H,26,28)/t19-/m1/s1. The Hall–Kier alpha value is -2.58. The molecule has 0 aliphatic rings. The molecule has 0 unspecified atom stereocenters. The molecule has 2 amide bonds. The first-order valence-electron chi connectivity index (χ1n) is 9.46. The van der Waals surface area contributed by atoms with E-state index in [4.69, 9.17) is 0 Å². The van der Waals surface area contributed by atoms with E-state index in [0.29, 0.717) is 15.7 Å². The molecule has 2 N–H and O–H groups in total. The highest BCUT2D eigenvalue weighted by molar-refractivity contribution is 9.10. The van der Waals surface area contributed by atoms with Gasteiger partial charge in [-0.2, -0.15) is 0 Å². The number of halogens is 1. The smallest absolute Gasteiger partial charge is 0.253 e. The van der Waals surface area contributed by atoms with Gasteiger partial charge in [-0.1, -0.05) is 37.7 Å². The average Bonchev–Trinajstić information content (AvgIpc) is 3.12. The highest BCUT2D eigenvalue weighted by Crippen LogP contribution is 2.27. The Kier molecular flexibility index (Phi) is 7.33. The third kappa shape index (κ3) is 5.52. The van der Waals surface area contributed by atoms with Crippen LogP contribution in [0.1, 0.15) is 24.2 Å². The van der Waals surface area contributed by atoms with E-state index in [1.807, 2.05) is 62.0 Å². The van der Waals surface area contributed by atoms with Crippen LogP contribution in [0.15, 0.2) is 75.4 Å². The molecule has 1 atom stereocenters. The minimum Gasteiger partial charge on any atom is -0.340 e. The van der Waals surface area contributed by atoms with Gasteiger partial charge in [0.15, 0.2) is 5.16 Å². The van der Waals surface area contributed by atoms with Crippen molar-refractivity contribution in [2.24, 2.45) is 13.0 Å².